The molecule has 156 valence electrons. The van der Waals surface area contributed by atoms with Crippen molar-refractivity contribution in [1.82, 2.24) is 15.3 Å². The number of morpholine rings is 1. The molecule has 3 rings (SSSR count). The lowest BCUT2D eigenvalue weighted by molar-refractivity contribution is 0.0639. The van der Waals surface area contributed by atoms with E-state index in [1.165, 1.54) is 11.8 Å². The number of carbonyl (C=O) groups is 1. The van der Waals surface area contributed by atoms with Gasteiger partial charge in [0.2, 0.25) is 0 Å². The number of benzene rings is 1. The Morgan fingerprint density at radius 2 is 2.03 bits per heavy atom. The summed E-state index contributed by atoms with van der Waals surface area (Å²) in [4.78, 5) is 23.7. The third kappa shape index (κ3) is 5.39. The Hall–Kier alpha value is -2.32. The molecule has 1 aliphatic rings. The van der Waals surface area contributed by atoms with Gasteiger partial charge in [0.05, 0.1) is 30.7 Å². The van der Waals surface area contributed by atoms with Crippen LogP contribution in [-0.4, -0.2) is 54.1 Å². The van der Waals surface area contributed by atoms with Gasteiger partial charge in [-0.05, 0) is 56.8 Å². The Bertz CT molecular complexity index is 841. The number of nitrogens with zero attached hydrogens (tertiary/aromatic N) is 3. The molecule has 0 aliphatic carbocycles. The number of amides is 2. The van der Waals surface area contributed by atoms with Crippen LogP contribution in [0.3, 0.4) is 0 Å². The first-order chi connectivity index (χ1) is 13.9. The maximum Gasteiger partial charge on any atom is 0.319 e. The quantitative estimate of drug-likeness (QED) is 0.559. The molecule has 29 heavy (non-hydrogen) atoms. The van der Waals surface area contributed by atoms with Gasteiger partial charge >= 0.3 is 6.03 Å². The summed E-state index contributed by atoms with van der Waals surface area (Å²) in [5, 5.41) is 5.53. The van der Waals surface area contributed by atoms with E-state index in [4.69, 9.17) is 14.7 Å². The van der Waals surface area contributed by atoms with Gasteiger partial charge < -0.3 is 20.3 Å². The molecule has 0 radical (unpaired) electrons. The van der Waals surface area contributed by atoms with Crippen molar-refractivity contribution in [2.75, 3.05) is 42.8 Å². The zero-order valence-electron chi connectivity index (χ0n) is 17.5. The van der Waals surface area contributed by atoms with Crippen molar-refractivity contribution in [1.29, 1.82) is 0 Å². The van der Waals surface area contributed by atoms with E-state index in [2.05, 4.69) is 41.7 Å². The van der Waals surface area contributed by atoms with E-state index in [1.807, 2.05) is 31.2 Å². The minimum atomic E-state index is -0.211. The number of hydrogen-bond acceptors (Lipinski definition) is 5. The summed E-state index contributed by atoms with van der Waals surface area (Å²) in [5.41, 5.74) is 2.57. The van der Waals surface area contributed by atoms with Crippen LogP contribution in [-0.2, 0) is 22.3 Å². The van der Waals surface area contributed by atoms with E-state index in [1.54, 1.807) is 0 Å². The minimum Gasteiger partial charge on any atom is -0.377 e. The zero-order valence-corrected chi connectivity index (χ0v) is 18.4. The number of nitrogens with one attached hydrogen (secondary N) is 2. The van der Waals surface area contributed by atoms with Crippen LogP contribution in [0.5, 0.6) is 0 Å². The zero-order chi connectivity index (χ0) is 20.9. The lowest BCUT2D eigenvalue weighted by atomic mass is 10.0. The van der Waals surface area contributed by atoms with Gasteiger partial charge in [0.1, 0.15) is 11.6 Å². The maximum absolute atomic E-state index is 11.7. The lowest BCUT2D eigenvalue weighted by Gasteiger charge is -2.43. The molecule has 1 aromatic heterocycles. The molecule has 0 spiro atoms. The van der Waals surface area contributed by atoms with Crippen LogP contribution in [0, 0.1) is 0 Å². The summed E-state index contributed by atoms with van der Waals surface area (Å²) >= 11 is 1.26. The van der Waals surface area contributed by atoms with Crippen molar-refractivity contribution in [2.24, 2.45) is 0 Å². The molecule has 7 nitrogen and oxygen atoms in total. The van der Waals surface area contributed by atoms with E-state index in [-0.39, 0.29) is 11.6 Å². The highest BCUT2D eigenvalue weighted by atomic mass is 32.2. The first-order valence-electron chi connectivity index (χ1n) is 9.87. The Kier molecular flexibility index (Phi) is 6.97. The number of aromatic nitrogens is 2. The Labute approximate surface area is 176 Å². The molecule has 2 amide bonds. The van der Waals surface area contributed by atoms with E-state index in [0.29, 0.717) is 25.6 Å². The lowest BCUT2D eigenvalue weighted by Crippen LogP contribution is -2.53. The topological polar surface area (TPSA) is 79.4 Å². The second kappa shape index (κ2) is 9.45. The number of anilines is 2. The van der Waals surface area contributed by atoms with Crippen LogP contribution in [0.25, 0.3) is 11.4 Å². The van der Waals surface area contributed by atoms with Crippen LogP contribution in [0.1, 0.15) is 26.5 Å². The third-order valence-electron chi connectivity index (χ3n) is 4.75. The standard InChI is InChI=1S/C21H29N5O2S/c1-5-22-20(27)24-16-8-6-15(7-9-16)19-23-17(13-29-4)12-18(25-19)26-10-11-28-14-21(26,2)3/h6-9,12H,5,10-11,13-14H2,1-4H3,(H2,22,24,27)/p+1. The largest absolute Gasteiger partial charge is 0.377 e. The molecule has 0 saturated carbocycles. The van der Waals surface area contributed by atoms with Gasteiger partial charge in [-0.2, -0.15) is 0 Å². The fraction of sp³-hybridized carbons (Fsp3) is 0.476. The molecule has 1 saturated heterocycles. The highest BCUT2D eigenvalue weighted by Gasteiger charge is 2.32. The average molecular weight is 417 g/mol. The van der Waals surface area contributed by atoms with Crippen molar-refractivity contribution >= 4 is 29.3 Å². The first-order valence-corrected chi connectivity index (χ1v) is 11.4. The summed E-state index contributed by atoms with van der Waals surface area (Å²) in [6, 6.07) is 9.51. The second-order valence-corrected chi connectivity index (χ2v) is 8.54. The highest BCUT2D eigenvalue weighted by Crippen LogP contribution is 2.28. The summed E-state index contributed by atoms with van der Waals surface area (Å²) < 4.78 is 5.67. The van der Waals surface area contributed by atoms with Crippen molar-refractivity contribution in [3.63, 3.8) is 0 Å². The van der Waals surface area contributed by atoms with Crippen LogP contribution in [0.15, 0.2) is 30.3 Å². The van der Waals surface area contributed by atoms with Crippen molar-refractivity contribution in [3.05, 3.63) is 36.0 Å². The maximum atomic E-state index is 11.7. The van der Waals surface area contributed by atoms with Gasteiger partial charge in [-0.25, -0.2) is 14.8 Å². The van der Waals surface area contributed by atoms with E-state index < -0.39 is 0 Å². The number of ether oxygens (including phenoxy) is 1. The molecule has 1 aliphatic heterocycles. The van der Waals surface area contributed by atoms with Gasteiger partial charge in [-0.3, -0.25) is 0 Å². The van der Waals surface area contributed by atoms with Gasteiger partial charge in [0.15, 0.2) is 5.82 Å². The Balaban J connectivity index is 1.90. The number of urea groups is 1. The molecule has 2 aromatic rings. The third-order valence-corrected chi connectivity index (χ3v) is 5.39. The van der Waals surface area contributed by atoms with Crippen LogP contribution < -0.4 is 15.5 Å². The Morgan fingerprint density at radius 3 is 2.69 bits per heavy atom. The number of carbonyl (C=O) groups excluding carboxylic acids is 1. The van der Waals surface area contributed by atoms with Gasteiger partial charge in [0.25, 0.3) is 0 Å². The summed E-state index contributed by atoms with van der Waals surface area (Å²) in [6.07, 6.45) is 2.13. The molecular formula is C21H30N5O2S+. The first kappa shape index (κ1) is 21.4. The molecule has 1 fully saturated rings. The predicted molar refractivity (Wildman–Crippen MR) is 121 cm³/mol. The normalized spacial score (nSPS) is 15.8. The van der Waals surface area contributed by atoms with E-state index in [9.17, 15) is 4.79 Å². The van der Waals surface area contributed by atoms with Crippen LogP contribution in [0.2, 0.25) is 0 Å². The molecule has 2 heterocycles. The highest BCUT2D eigenvalue weighted by molar-refractivity contribution is 7.76. The number of rotatable bonds is 6. The number of thiol groups is 1. The van der Waals surface area contributed by atoms with Crippen LogP contribution >= 0.6 is 0 Å². The molecule has 2 N–H and O–H groups in total. The van der Waals surface area contributed by atoms with Crippen molar-refractivity contribution in [2.45, 2.75) is 32.1 Å². The fourth-order valence-corrected chi connectivity index (χ4v) is 3.80. The summed E-state index contributed by atoms with van der Waals surface area (Å²) in [7, 11) is 0. The smallest absolute Gasteiger partial charge is 0.319 e. The average Bonchev–Trinajstić information content (AvgIpc) is 2.68. The SMILES string of the molecule is CCNC(=O)Nc1ccc(-c2nc(C[SH+]C)cc(N3CCOCC3(C)C)n2)cc1. The summed E-state index contributed by atoms with van der Waals surface area (Å²) in [5.74, 6) is 2.52. The monoisotopic (exact) mass is 416 g/mol. The van der Waals surface area contributed by atoms with Crippen molar-refractivity contribution < 1.29 is 9.53 Å². The van der Waals surface area contributed by atoms with Crippen LogP contribution in [0.4, 0.5) is 16.3 Å². The molecule has 0 atom stereocenters. The molecule has 0 unspecified atom stereocenters. The minimum absolute atomic E-state index is 0.120. The van der Waals surface area contributed by atoms with Crippen molar-refractivity contribution in [3.8, 4) is 11.4 Å². The fourth-order valence-electron chi connectivity index (χ4n) is 3.31. The van der Waals surface area contributed by atoms with Gasteiger partial charge in [0, 0.05) is 30.4 Å². The van der Waals surface area contributed by atoms with Gasteiger partial charge in [-0.15, -0.1) is 0 Å². The molecule has 8 heteroatoms. The summed E-state index contributed by atoms with van der Waals surface area (Å²) in [6.45, 7) is 9.00. The molecule has 0 bridgehead atoms. The molecular weight excluding hydrogens is 386 g/mol. The van der Waals surface area contributed by atoms with Gasteiger partial charge in [-0.1, -0.05) is 0 Å². The predicted octanol–water partition coefficient (Wildman–Crippen LogP) is 2.84. The van der Waals surface area contributed by atoms with E-state index >= 15 is 0 Å². The molecule has 1 aromatic carbocycles. The number of hydrogen-bond donors (Lipinski definition) is 2. The van der Waals surface area contributed by atoms with E-state index in [0.717, 1.165) is 35.1 Å². The second-order valence-electron chi connectivity index (χ2n) is 7.59. The Morgan fingerprint density at radius 1 is 1.28 bits per heavy atom.